The summed E-state index contributed by atoms with van der Waals surface area (Å²) < 4.78 is 66.1. The number of benzene rings is 1. The lowest BCUT2D eigenvalue weighted by molar-refractivity contribution is -0.0544. The summed E-state index contributed by atoms with van der Waals surface area (Å²) >= 11 is 1.37. The van der Waals surface area contributed by atoms with E-state index in [1.807, 2.05) is 0 Å². The van der Waals surface area contributed by atoms with Gasteiger partial charge in [-0.15, -0.1) is 11.8 Å². The van der Waals surface area contributed by atoms with Crippen LogP contribution in [0.15, 0.2) is 29.2 Å². The van der Waals surface area contributed by atoms with Gasteiger partial charge in [0, 0.05) is 43.2 Å². The predicted molar refractivity (Wildman–Crippen MR) is 142 cm³/mol. The highest BCUT2D eigenvalue weighted by molar-refractivity contribution is 7.98. The average molecular weight is 628 g/mol. The second kappa shape index (κ2) is 14.1. The fourth-order valence-corrected chi connectivity index (χ4v) is 6.37. The number of hydrogen-bond donors (Lipinski definition) is 3. The third-order valence-electron chi connectivity index (χ3n) is 5.61. The quantitative estimate of drug-likeness (QED) is 0.147. The first kappa shape index (κ1) is 32.3. The largest absolute Gasteiger partial charge is 0.496 e. The third-order valence-corrected chi connectivity index (χ3v) is 8.99. The first-order chi connectivity index (χ1) is 18.9. The highest BCUT2D eigenvalue weighted by atomic mass is 32.2. The van der Waals surface area contributed by atoms with E-state index in [-0.39, 0.29) is 18.2 Å². The zero-order chi connectivity index (χ0) is 29.5. The van der Waals surface area contributed by atoms with Gasteiger partial charge in [0.05, 0.1) is 40.0 Å². The van der Waals surface area contributed by atoms with Gasteiger partial charge in [0.2, 0.25) is 0 Å². The number of phosphoric ester groups is 2. The van der Waals surface area contributed by atoms with Gasteiger partial charge >= 0.3 is 21.3 Å². The molecule has 0 bridgehead atoms. The predicted octanol–water partition coefficient (Wildman–Crippen LogP) is 2.30. The maximum Gasteiger partial charge on any atom is 0.481 e. The van der Waals surface area contributed by atoms with E-state index in [2.05, 4.69) is 13.8 Å². The van der Waals surface area contributed by atoms with Crippen molar-refractivity contribution in [3.63, 3.8) is 0 Å². The molecule has 0 amide bonds. The Kier molecular flexibility index (Phi) is 11.4. The van der Waals surface area contributed by atoms with E-state index in [0.29, 0.717) is 23.0 Å². The Morgan fingerprint density at radius 2 is 1.80 bits per heavy atom. The Hall–Kier alpha value is -2.17. The second-order valence-corrected chi connectivity index (χ2v) is 12.2. The van der Waals surface area contributed by atoms with Crippen LogP contribution in [-0.2, 0) is 37.7 Å². The van der Waals surface area contributed by atoms with E-state index >= 15 is 0 Å². The van der Waals surface area contributed by atoms with Crippen molar-refractivity contribution in [3.05, 3.63) is 40.4 Å². The number of nitrogen functional groups attached to an aromatic ring is 1. The lowest BCUT2D eigenvalue weighted by Crippen LogP contribution is -2.29. The molecule has 1 aromatic heterocycles. The fourth-order valence-electron chi connectivity index (χ4n) is 3.70. The maximum absolute atomic E-state index is 12.3. The molecule has 224 valence electrons. The average Bonchev–Trinajstić information content (AvgIpc) is 3.31. The van der Waals surface area contributed by atoms with Crippen LogP contribution in [0.4, 0.5) is 5.82 Å². The van der Waals surface area contributed by atoms with E-state index < -0.39 is 46.4 Å². The van der Waals surface area contributed by atoms with Gasteiger partial charge in [-0.3, -0.25) is 13.6 Å². The molecule has 0 saturated carbocycles. The molecular weight excluding hydrogens is 596 g/mol. The monoisotopic (exact) mass is 627 g/mol. The van der Waals surface area contributed by atoms with Gasteiger partial charge in [0.15, 0.2) is 0 Å². The van der Waals surface area contributed by atoms with Crippen molar-refractivity contribution in [1.82, 2.24) is 9.55 Å². The van der Waals surface area contributed by atoms with Gasteiger partial charge in [0.25, 0.3) is 0 Å². The molecule has 19 heteroatoms. The molecule has 3 rings (SSSR count). The molecule has 5 atom stereocenters. The number of nitrogens with two attached hydrogens (primary N) is 1. The van der Waals surface area contributed by atoms with Crippen molar-refractivity contribution in [3.8, 4) is 17.2 Å². The van der Waals surface area contributed by atoms with Gasteiger partial charge in [0.1, 0.15) is 35.4 Å². The minimum Gasteiger partial charge on any atom is -0.496 e. The molecule has 1 fully saturated rings. The minimum atomic E-state index is -5.03. The summed E-state index contributed by atoms with van der Waals surface area (Å²) in [6, 6.07) is 4.87. The van der Waals surface area contributed by atoms with Crippen LogP contribution in [0.25, 0.3) is 0 Å². The van der Waals surface area contributed by atoms with E-state index in [1.54, 1.807) is 12.1 Å². The molecule has 40 heavy (non-hydrogen) atoms. The Balaban J connectivity index is 1.70. The molecule has 2 heterocycles. The summed E-state index contributed by atoms with van der Waals surface area (Å²) in [5.41, 5.74) is 5.66. The van der Waals surface area contributed by atoms with Crippen LogP contribution < -0.4 is 25.6 Å². The number of ether oxygens (including phenoxy) is 5. The molecule has 1 aromatic carbocycles. The van der Waals surface area contributed by atoms with Gasteiger partial charge in [-0.2, -0.15) is 9.29 Å². The Morgan fingerprint density at radius 1 is 1.12 bits per heavy atom. The molecule has 1 aliphatic rings. The Labute approximate surface area is 233 Å². The third kappa shape index (κ3) is 8.66. The molecule has 1 aliphatic heterocycles. The fraction of sp³-hybridized carbons (Fsp3) is 0.524. The van der Waals surface area contributed by atoms with Crippen molar-refractivity contribution in [2.45, 2.75) is 30.6 Å². The number of anilines is 1. The highest BCUT2D eigenvalue weighted by Gasteiger charge is 2.41. The molecule has 4 N–H and O–H groups in total. The van der Waals surface area contributed by atoms with Gasteiger partial charge in [-0.25, -0.2) is 13.9 Å². The summed E-state index contributed by atoms with van der Waals surface area (Å²) in [7, 11) is -4.44. The number of methoxy groups -OCH3 is 3. The summed E-state index contributed by atoms with van der Waals surface area (Å²) in [6.07, 6.45) is -1.04. The topological polar surface area (TPSA) is 209 Å². The first-order valence-electron chi connectivity index (χ1n) is 11.5. The summed E-state index contributed by atoms with van der Waals surface area (Å²) in [6.45, 7) is -0.583. The molecule has 0 aliphatic carbocycles. The van der Waals surface area contributed by atoms with E-state index in [1.165, 1.54) is 49.9 Å². The number of phosphoric acid groups is 2. The van der Waals surface area contributed by atoms with E-state index in [9.17, 15) is 23.7 Å². The SMILES string of the molecule is COc1cc(OC)c(CSCO[C@H]2C[C@H](n3ccc(N)nc3=O)O[C@@H]2COP(=O)(O)OP(=O)(O)OC)c(OC)c1. The molecule has 0 radical (unpaired) electrons. The number of nitrogens with zero attached hydrogens (tertiary/aromatic N) is 2. The Morgan fingerprint density at radius 3 is 2.38 bits per heavy atom. The van der Waals surface area contributed by atoms with Crippen LogP contribution in [0.5, 0.6) is 17.2 Å². The minimum absolute atomic E-state index is 0.0256. The number of thioether (sulfide) groups is 1. The lowest BCUT2D eigenvalue weighted by Gasteiger charge is -2.21. The Bertz CT molecular complexity index is 1290. The summed E-state index contributed by atoms with van der Waals surface area (Å²) in [5.74, 6) is 2.27. The summed E-state index contributed by atoms with van der Waals surface area (Å²) in [5, 5.41) is 0. The molecule has 1 saturated heterocycles. The standard InChI is InChI=1S/C21H31N3O13P2S/c1-30-13-7-15(31-2)14(16(8-13)32-3)11-40-12-34-17-9-20(24-6-5-19(22)23-21(24)25)36-18(17)10-35-39(28,29)37-38(26,27)33-4/h5-8,17-18,20H,9-12H2,1-4H3,(H,26,27)(H,28,29)(H2,22,23,25)/t17-,18+,20+/m0/s1. The van der Waals surface area contributed by atoms with Crippen molar-refractivity contribution in [1.29, 1.82) is 0 Å². The van der Waals surface area contributed by atoms with Crippen LogP contribution in [-0.4, -0.2) is 72.5 Å². The molecule has 16 nitrogen and oxygen atoms in total. The van der Waals surface area contributed by atoms with Gasteiger partial charge in [-0.1, -0.05) is 0 Å². The van der Waals surface area contributed by atoms with Crippen LogP contribution >= 0.6 is 27.4 Å². The van der Waals surface area contributed by atoms with E-state index in [0.717, 1.165) is 12.7 Å². The van der Waals surface area contributed by atoms with Crippen molar-refractivity contribution in [2.75, 3.05) is 46.7 Å². The molecule has 2 aromatic rings. The summed E-state index contributed by atoms with van der Waals surface area (Å²) in [4.78, 5) is 35.2. The van der Waals surface area contributed by atoms with Crippen LogP contribution in [0.1, 0.15) is 18.2 Å². The van der Waals surface area contributed by atoms with Crippen LogP contribution in [0.3, 0.4) is 0 Å². The maximum atomic E-state index is 12.3. The van der Waals surface area contributed by atoms with Gasteiger partial charge in [-0.05, 0) is 6.07 Å². The van der Waals surface area contributed by atoms with Gasteiger partial charge < -0.3 is 39.2 Å². The number of hydrogen-bond acceptors (Lipinski definition) is 14. The van der Waals surface area contributed by atoms with Crippen molar-refractivity contribution >= 4 is 33.2 Å². The zero-order valence-electron chi connectivity index (χ0n) is 22.0. The lowest BCUT2D eigenvalue weighted by atomic mass is 10.2. The molecule has 2 unspecified atom stereocenters. The van der Waals surface area contributed by atoms with Crippen molar-refractivity contribution in [2.24, 2.45) is 0 Å². The normalized spacial score (nSPS) is 21.9. The first-order valence-corrected chi connectivity index (χ1v) is 15.6. The second-order valence-electron chi connectivity index (χ2n) is 8.09. The molecular formula is C21H31N3O13P2S. The zero-order valence-corrected chi connectivity index (χ0v) is 24.6. The smallest absolute Gasteiger partial charge is 0.481 e. The van der Waals surface area contributed by atoms with Crippen molar-refractivity contribution < 1.29 is 56.0 Å². The van der Waals surface area contributed by atoms with Crippen LogP contribution in [0.2, 0.25) is 0 Å². The van der Waals surface area contributed by atoms with Crippen LogP contribution in [0, 0.1) is 0 Å². The highest BCUT2D eigenvalue weighted by Crippen LogP contribution is 2.60. The van der Waals surface area contributed by atoms with E-state index in [4.69, 9.17) is 33.9 Å². The number of rotatable bonds is 15. The molecule has 0 spiro atoms. The number of aromatic nitrogens is 2.